The van der Waals surface area contributed by atoms with E-state index in [1.807, 2.05) is 62.4 Å². The van der Waals surface area contributed by atoms with Crippen molar-refractivity contribution in [3.8, 4) is 5.75 Å². The Morgan fingerprint density at radius 2 is 1.92 bits per heavy atom. The van der Waals surface area contributed by atoms with E-state index < -0.39 is 0 Å². The summed E-state index contributed by atoms with van der Waals surface area (Å²) in [7, 11) is 0. The zero-order valence-electron chi connectivity index (χ0n) is 15.2. The number of rotatable bonds is 6. The predicted octanol–water partition coefficient (Wildman–Crippen LogP) is 3.18. The normalized spacial score (nSPS) is 16.6. The quantitative estimate of drug-likeness (QED) is 0.869. The average Bonchev–Trinajstić information content (AvgIpc) is 3.02. The predicted molar refractivity (Wildman–Crippen MR) is 102 cm³/mol. The Hall–Kier alpha value is -2.82. The molecule has 136 valence electrons. The van der Waals surface area contributed by atoms with Gasteiger partial charge in [0.1, 0.15) is 5.75 Å². The van der Waals surface area contributed by atoms with Crippen LogP contribution in [0.3, 0.4) is 0 Å². The number of amides is 2. The van der Waals surface area contributed by atoms with Crippen molar-refractivity contribution in [2.45, 2.75) is 20.3 Å². The van der Waals surface area contributed by atoms with Crippen molar-refractivity contribution in [3.05, 3.63) is 59.7 Å². The molecule has 0 aliphatic carbocycles. The molecule has 0 saturated carbocycles. The fourth-order valence-corrected chi connectivity index (χ4v) is 3.22. The number of nitrogens with zero attached hydrogens (tertiary/aromatic N) is 1. The van der Waals surface area contributed by atoms with Gasteiger partial charge < -0.3 is 15.0 Å². The lowest BCUT2D eigenvalue weighted by atomic mass is 10.1. The molecule has 0 radical (unpaired) electrons. The Balaban J connectivity index is 1.57. The summed E-state index contributed by atoms with van der Waals surface area (Å²) in [5.41, 5.74) is 2.50. The van der Waals surface area contributed by atoms with Gasteiger partial charge in [0.05, 0.1) is 6.61 Å². The van der Waals surface area contributed by atoms with Crippen molar-refractivity contribution in [1.29, 1.82) is 0 Å². The SMILES string of the molecule is CCOc1ccc(N2CC(CNC(=O)c3ccccc3C)CC2=O)cc1. The van der Waals surface area contributed by atoms with Gasteiger partial charge in [0.15, 0.2) is 0 Å². The minimum absolute atomic E-state index is 0.0873. The van der Waals surface area contributed by atoms with E-state index in [0.29, 0.717) is 31.7 Å². The van der Waals surface area contributed by atoms with Crippen LogP contribution in [0.2, 0.25) is 0 Å². The molecular weight excluding hydrogens is 328 g/mol. The van der Waals surface area contributed by atoms with Gasteiger partial charge >= 0.3 is 0 Å². The van der Waals surface area contributed by atoms with Gasteiger partial charge in [-0.15, -0.1) is 0 Å². The Labute approximate surface area is 154 Å². The van der Waals surface area contributed by atoms with Crippen LogP contribution in [0.5, 0.6) is 5.75 Å². The zero-order valence-corrected chi connectivity index (χ0v) is 15.2. The molecule has 0 bridgehead atoms. The first-order valence-corrected chi connectivity index (χ1v) is 8.95. The highest BCUT2D eigenvalue weighted by molar-refractivity contribution is 5.97. The molecule has 0 spiro atoms. The molecule has 1 fully saturated rings. The molecule has 2 aromatic rings. The Morgan fingerprint density at radius 3 is 2.62 bits per heavy atom. The molecule has 2 amide bonds. The summed E-state index contributed by atoms with van der Waals surface area (Å²) in [6, 6.07) is 15.1. The molecule has 1 unspecified atom stereocenters. The largest absolute Gasteiger partial charge is 0.494 e. The van der Waals surface area contributed by atoms with Gasteiger partial charge in [0.2, 0.25) is 5.91 Å². The molecule has 1 saturated heterocycles. The standard InChI is InChI=1S/C21H24N2O3/c1-3-26-18-10-8-17(9-11-18)23-14-16(12-20(23)24)13-22-21(25)19-7-5-4-6-15(19)2/h4-11,16H,3,12-14H2,1-2H3,(H,22,25). The van der Waals surface area contributed by atoms with Gasteiger partial charge in [-0.1, -0.05) is 18.2 Å². The van der Waals surface area contributed by atoms with Gasteiger partial charge in [0.25, 0.3) is 5.91 Å². The van der Waals surface area contributed by atoms with E-state index >= 15 is 0 Å². The minimum Gasteiger partial charge on any atom is -0.494 e. The number of carbonyl (C=O) groups excluding carboxylic acids is 2. The number of hydrogen-bond acceptors (Lipinski definition) is 3. The van der Waals surface area contributed by atoms with Gasteiger partial charge in [0, 0.05) is 36.7 Å². The Bertz CT molecular complexity index is 786. The first kappa shape index (κ1) is 18.0. The van der Waals surface area contributed by atoms with Crippen LogP contribution in [0.1, 0.15) is 29.3 Å². The van der Waals surface area contributed by atoms with Crippen LogP contribution < -0.4 is 15.0 Å². The van der Waals surface area contributed by atoms with Gasteiger partial charge in [-0.25, -0.2) is 0 Å². The lowest BCUT2D eigenvalue weighted by Crippen LogP contribution is -2.31. The molecule has 1 aliphatic heterocycles. The maximum atomic E-state index is 12.3. The number of carbonyl (C=O) groups is 2. The third-order valence-electron chi connectivity index (χ3n) is 4.61. The fraction of sp³-hybridized carbons (Fsp3) is 0.333. The zero-order chi connectivity index (χ0) is 18.5. The summed E-state index contributed by atoms with van der Waals surface area (Å²) in [4.78, 5) is 26.5. The van der Waals surface area contributed by atoms with Crippen molar-refractivity contribution in [2.75, 3.05) is 24.6 Å². The number of benzene rings is 2. The number of hydrogen-bond donors (Lipinski definition) is 1. The third-order valence-corrected chi connectivity index (χ3v) is 4.61. The highest BCUT2D eigenvalue weighted by atomic mass is 16.5. The molecule has 1 aliphatic rings. The fourth-order valence-electron chi connectivity index (χ4n) is 3.22. The molecule has 5 heteroatoms. The summed E-state index contributed by atoms with van der Waals surface area (Å²) >= 11 is 0. The van der Waals surface area contributed by atoms with E-state index in [1.165, 1.54) is 0 Å². The number of anilines is 1. The molecule has 1 atom stereocenters. The Morgan fingerprint density at radius 1 is 1.19 bits per heavy atom. The second kappa shape index (κ2) is 8.04. The van der Waals surface area contributed by atoms with E-state index in [0.717, 1.165) is 17.0 Å². The van der Waals surface area contributed by atoms with E-state index in [4.69, 9.17) is 4.74 Å². The van der Waals surface area contributed by atoms with Crippen molar-refractivity contribution >= 4 is 17.5 Å². The van der Waals surface area contributed by atoms with Crippen LogP contribution in [-0.2, 0) is 4.79 Å². The Kier molecular flexibility index (Phi) is 5.56. The van der Waals surface area contributed by atoms with Crippen LogP contribution in [0, 0.1) is 12.8 Å². The molecule has 5 nitrogen and oxygen atoms in total. The number of ether oxygens (including phenoxy) is 1. The van der Waals surface area contributed by atoms with E-state index in [1.54, 1.807) is 4.90 Å². The maximum absolute atomic E-state index is 12.3. The topological polar surface area (TPSA) is 58.6 Å². The van der Waals surface area contributed by atoms with Gasteiger partial charge in [-0.3, -0.25) is 9.59 Å². The summed E-state index contributed by atoms with van der Waals surface area (Å²) in [6.45, 7) is 5.58. The summed E-state index contributed by atoms with van der Waals surface area (Å²) < 4.78 is 5.44. The van der Waals surface area contributed by atoms with Crippen LogP contribution in [0.25, 0.3) is 0 Å². The second-order valence-corrected chi connectivity index (χ2v) is 6.53. The minimum atomic E-state index is -0.0879. The maximum Gasteiger partial charge on any atom is 0.251 e. The molecular formula is C21H24N2O3. The molecule has 3 rings (SSSR count). The van der Waals surface area contributed by atoms with E-state index in [9.17, 15) is 9.59 Å². The molecule has 0 aromatic heterocycles. The molecule has 26 heavy (non-hydrogen) atoms. The first-order valence-electron chi connectivity index (χ1n) is 8.95. The summed E-state index contributed by atoms with van der Waals surface area (Å²) in [6.07, 6.45) is 0.446. The van der Waals surface area contributed by atoms with Gasteiger partial charge in [-0.05, 0) is 49.7 Å². The number of nitrogens with one attached hydrogen (secondary N) is 1. The highest BCUT2D eigenvalue weighted by Gasteiger charge is 2.30. The second-order valence-electron chi connectivity index (χ2n) is 6.53. The molecule has 1 N–H and O–H groups in total. The van der Waals surface area contributed by atoms with E-state index in [2.05, 4.69) is 5.32 Å². The van der Waals surface area contributed by atoms with Crippen LogP contribution >= 0.6 is 0 Å². The number of aryl methyl sites for hydroxylation is 1. The van der Waals surface area contributed by atoms with Crippen LogP contribution in [0.15, 0.2) is 48.5 Å². The molecule has 1 heterocycles. The van der Waals surface area contributed by atoms with Crippen molar-refractivity contribution in [1.82, 2.24) is 5.32 Å². The lowest BCUT2D eigenvalue weighted by Gasteiger charge is -2.17. The monoisotopic (exact) mass is 352 g/mol. The summed E-state index contributed by atoms with van der Waals surface area (Å²) in [5, 5.41) is 2.96. The van der Waals surface area contributed by atoms with Crippen molar-refractivity contribution in [3.63, 3.8) is 0 Å². The van der Waals surface area contributed by atoms with E-state index in [-0.39, 0.29) is 17.7 Å². The highest BCUT2D eigenvalue weighted by Crippen LogP contribution is 2.26. The summed E-state index contributed by atoms with van der Waals surface area (Å²) in [5.74, 6) is 0.909. The average molecular weight is 352 g/mol. The molecule has 2 aromatic carbocycles. The smallest absolute Gasteiger partial charge is 0.251 e. The third kappa shape index (κ3) is 4.04. The van der Waals surface area contributed by atoms with Crippen molar-refractivity contribution in [2.24, 2.45) is 5.92 Å². The van der Waals surface area contributed by atoms with Crippen molar-refractivity contribution < 1.29 is 14.3 Å². The van der Waals surface area contributed by atoms with Crippen LogP contribution in [-0.4, -0.2) is 31.5 Å². The first-order chi connectivity index (χ1) is 12.6. The van der Waals surface area contributed by atoms with Gasteiger partial charge in [-0.2, -0.15) is 0 Å². The lowest BCUT2D eigenvalue weighted by molar-refractivity contribution is -0.117. The van der Waals surface area contributed by atoms with Crippen LogP contribution in [0.4, 0.5) is 5.69 Å².